The normalized spacial score (nSPS) is 51.7. The second-order valence-electron chi connectivity index (χ2n) is 5.53. The van der Waals surface area contributed by atoms with Gasteiger partial charge in [0.15, 0.2) is 0 Å². The van der Waals surface area contributed by atoms with Gasteiger partial charge in [-0.1, -0.05) is 11.8 Å². The molecule has 0 aromatic carbocycles. The van der Waals surface area contributed by atoms with Crippen molar-refractivity contribution in [1.82, 2.24) is 0 Å². The molecular formula is C12H22O10S. The Labute approximate surface area is 135 Å². The van der Waals surface area contributed by atoms with Crippen molar-refractivity contribution in [2.45, 2.75) is 59.7 Å². The van der Waals surface area contributed by atoms with Crippen molar-refractivity contribution < 1.29 is 50.3 Å². The van der Waals surface area contributed by atoms with Gasteiger partial charge in [0.1, 0.15) is 59.7 Å². The molecule has 0 bridgehead atoms. The number of aliphatic hydroxyl groups excluding tert-OH is 8. The number of hydrogen-bond acceptors (Lipinski definition) is 11. The smallest absolute Gasteiger partial charge is 0.134 e. The number of aliphatic hydroxyl groups is 8. The minimum absolute atomic E-state index is 0.601. The average molecular weight is 358 g/mol. The van der Waals surface area contributed by atoms with Crippen molar-refractivity contribution in [3.8, 4) is 0 Å². The predicted molar refractivity (Wildman–Crippen MR) is 75.1 cm³/mol. The summed E-state index contributed by atoms with van der Waals surface area (Å²) >= 11 is 0.699. The van der Waals surface area contributed by atoms with Crippen molar-refractivity contribution in [3.05, 3.63) is 0 Å². The van der Waals surface area contributed by atoms with Crippen LogP contribution in [0.4, 0.5) is 0 Å². The first kappa shape index (κ1) is 19.3. The van der Waals surface area contributed by atoms with Crippen LogP contribution in [-0.4, -0.2) is 114 Å². The van der Waals surface area contributed by atoms with E-state index in [4.69, 9.17) is 19.7 Å². The Morgan fingerprint density at radius 3 is 1.22 bits per heavy atom. The summed E-state index contributed by atoms with van der Waals surface area (Å²) in [4.78, 5) is 0. The van der Waals surface area contributed by atoms with Crippen LogP contribution in [0, 0.1) is 0 Å². The van der Waals surface area contributed by atoms with Crippen molar-refractivity contribution in [1.29, 1.82) is 0 Å². The number of ether oxygens (including phenoxy) is 2. The number of rotatable bonds is 4. The van der Waals surface area contributed by atoms with E-state index in [0.29, 0.717) is 11.8 Å². The molecule has 0 amide bonds. The Hall–Kier alpha value is -0.0500. The molecule has 23 heavy (non-hydrogen) atoms. The molecule has 11 heteroatoms. The topological polar surface area (TPSA) is 180 Å². The molecule has 136 valence electrons. The summed E-state index contributed by atoms with van der Waals surface area (Å²) in [5.41, 5.74) is -2.35. The van der Waals surface area contributed by atoms with Crippen LogP contribution in [0.25, 0.3) is 0 Å². The number of hydrogen-bond donors (Lipinski definition) is 8. The molecule has 0 spiro atoms. The van der Waals surface area contributed by atoms with Crippen molar-refractivity contribution in [3.63, 3.8) is 0 Å². The summed E-state index contributed by atoms with van der Waals surface area (Å²) in [6, 6.07) is 0. The fraction of sp³-hybridized carbons (Fsp3) is 1.00. The minimum Gasteiger partial charge on any atom is -0.394 e. The SMILES string of the molecule is OCC1O[C@@H](S[C@@H]2OC(CO)[C@H](O)[C@H](O)C2O)[C@H](O)C(O)[C@H]1O. The molecule has 8 N–H and O–H groups in total. The van der Waals surface area contributed by atoms with E-state index in [1.165, 1.54) is 0 Å². The van der Waals surface area contributed by atoms with Gasteiger partial charge >= 0.3 is 0 Å². The third-order valence-corrected chi connectivity index (χ3v) is 5.28. The van der Waals surface area contributed by atoms with Gasteiger partial charge in [-0.25, -0.2) is 0 Å². The molecule has 0 saturated carbocycles. The van der Waals surface area contributed by atoms with Crippen LogP contribution in [0.15, 0.2) is 0 Å². The molecule has 4 unspecified atom stereocenters. The summed E-state index contributed by atoms with van der Waals surface area (Å²) < 4.78 is 10.5. The lowest BCUT2D eigenvalue weighted by molar-refractivity contribution is -0.214. The first-order valence-electron chi connectivity index (χ1n) is 7.08. The van der Waals surface area contributed by atoms with Crippen LogP contribution in [0.3, 0.4) is 0 Å². The van der Waals surface area contributed by atoms with Crippen molar-refractivity contribution in [2.75, 3.05) is 13.2 Å². The summed E-state index contributed by atoms with van der Waals surface area (Å²) in [7, 11) is 0. The second-order valence-corrected chi connectivity index (χ2v) is 6.73. The first-order valence-corrected chi connectivity index (χ1v) is 8.02. The third-order valence-electron chi connectivity index (χ3n) is 3.97. The summed E-state index contributed by atoms with van der Waals surface area (Å²) in [5, 5.41) is 77.0. The van der Waals surface area contributed by atoms with E-state index in [9.17, 15) is 30.6 Å². The molecule has 2 heterocycles. The maximum atomic E-state index is 9.94. The fourth-order valence-corrected chi connectivity index (χ4v) is 3.81. The van der Waals surface area contributed by atoms with E-state index in [1.54, 1.807) is 0 Å². The monoisotopic (exact) mass is 358 g/mol. The average Bonchev–Trinajstić information content (AvgIpc) is 2.55. The summed E-state index contributed by atoms with van der Waals surface area (Å²) in [6.07, 6.45) is -11.5. The second kappa shape index (κ2) is 7.89. The van der Waals surface area contributed by atoms with E-state index in [0.717, 1.165) is 0 Å². The van der Waals surface area contributed by atoms with Crippen LogP contribution in [-0.2, 0) is 9.47 Å². The molecule has 2 aliphatic rings. The van der Waals surface area contributed by atoms with Crippen molar-refractivity contribution >= 4 is 11.8 Å². The van der Waals surface area contributed by atoms with Gasteiger partial charge < -0.3 is 50.3 Å². The molecule has 10 nitrogen and oxygen atoms in total. The van der Waals surface area contributed by atoms with Gasteiger partial charge in [0.25, 0.3) is 0 Å². The van der Waals surface area contributed by atoms with Crippen LogP contribution < -0.4 is 0 Å². The van der Waals surface area contributed by atoms with Crippen LogP contribution >= 0.6 is 11.8 Å². The molecule has 0 aromatic heterocycles. The standard InChI is InChI=1S/C12H22O10S/c13-1-3-5(15)7(17)9(19)11(21-3)23-12-10(20)8(18)6(16)4(2-14)22-12/h3-20H,1-2H2/t3?,4?,5-,6-,7-,8?,9?,10+,11-,12-/m0/s1. The third kappa shape index (κ3) is 3.80. The van der Waals surface area contributed by atoms with Gasteiger partial charge in [-0.15, -0.1) is 0 Å². The lowest BCUT2D eigenvalue weighted by Crippen LogP contribution is -2.60. The van der Waals surface area contributed by atoms with E-state index in [1.807, 2.05) is 0 Å². The Bertz CT molecular complexity index is 349. The lowest BCUT2D eigenvalue weighted by atomic mass is 10.0. The lowest BCUT2D eigenvalue weighted by Gasteiger charge is -2.44. The van der Waals surface area contributed by atoms with Gasteiger partial charge in [-0.2, -0.15) is 0 Å². The molecule has 10 atom stereocenters. The molecule has 2 fully saturated rings. The van der Waals surface area contributed by atoms with Gasteiger partial charge in [-0.05, 0) is 0 Å². The Balaban J connectivity index is 2.07. The molecule has 2 saturated heterocycles. The van der Waals surface area contributed by atoms with Gasteiger partial charge in [0.05, 0.1) is 13.2 Å². The van der Waals surface area contributed by atoms with Crippen LogP contribution in [0.1, 0.15) is 0 Å². The molecule has 0 aromatic rings. The highest BCUT2D eigenvalue weighted by Gasteiger charge is 2.49. The van der Waals surface area contributed by atoms with Gasteiger partial charge in [-0.3, -0.25) is 0 Å². The fourth-order valence-electron chi connectivity index (χ4n) is 2.49. The Kier molecular flexibility index (Phi) is 6.61. The molecular weight excluding hydrogens is 336 g/mol. The zero-order valence-electron chi connectivity index (χ0n) is 12.0. The maximum absolute atomic E-state index is 9.94. The zero-order chi connectivity index (χ0) is 17.3. The molecule has 0 aliphatic carbocycles. The van der Waals surface area contributed by atoms with Gasteiger partial charge in [0, 0.05) is 0 Å². The van der Waals surface area contributed by atoms with E-state index < -0.39 is 72.9 Å². The summed E-state index contributed by atoms with van der Waals surface area (Å²) in [6.45, 7) is -1.20. The highest BCUT2D eigenvalue weighted by molar-refractivity contribution is 8.00. The van der Waals surface area contributed by atoms with Crippen LogP contribution in [0.5, 0.6) is 0 Å². The maximum Gasteiger partial charge on any atom is 0.134 e. The highest BCUT2D eigenvalue weighted by Crippen LogP contribution is 2.36. The molecule has 2 aliphatic heterocycles. The molecule has 0 radical (unpaired) electrons. The first-order chi connectivity index (χ1) is 10.8. The zero-order valence-corrected chi connectivity index (χ0v) is 12.8. The van der Waals surface area contributed by atoms with Gasteiger partial charge in [0.2, 0.25) is 0 Å². The predicted octanol–water partition coefficient (Wildman–Crippen LogP) is -4.68. The quantitative estimate of drug-likeness (QED) is 0.242. The van der Waals surface area contributed by atoms with E-state index in [-0.39, 0.29) is 0 Å². The van der Waals surface area contributed by atoms with E-state index >= 15 is 0 Å². The Morgan fingerprint density at radius 2 is 0.913 bits per heavy atom. The summed E-state index contributed by atoms with van der Waals surface area (Å²) in [5.74, 6) is 0. The largest absolute Gasteiger partial charge is 0.394 e. The molecule has 2 rings (SSSR count). The minimum atomic E-state index is -1.58. The number of thioether (sulfide) groups is 1. The van der Waals surface area contributed by atoms with Crippen molar-refractivity contribution in [2.24, 2.45) is 0 Å². The van der Waals surface area contributed by atoms with Crippen LogP contribution in [0.2, 0.25) is 0 Å². The Morgan fingerprint density at radius 1 is 0.565 bits per heavy atom. The highest BCUT2D eigenvalue weighted by atomic mass is 32.2. The van der Waals surface area contributed by atoms with E-state index in [2.05, 4.69) is 0 Å².